The highest BCUT2D eigenvalue weighted by Crippen LogP contribution is 2.31. The average Bonchev–Trinajstić information content (AvgIpc) is 3.47. The lowest BCUT2D eigenvalue weighted by Gasteiger charge is -2.26. The van der Waals surface area contributed by atoms with Gasteiger partial charge in [0.15, 0.2) is 0 Å². The molecule has 0 bridgehead atoms. The van der Waals surface area contributed by atoms with Crippen LogP contribution in [0.2, 0.25) is 0 Å². The Labute approximate surface area is 168 Å². The first-order chi connectivity index (χ1) is 13.7. The van der Waals surface area contributed by atoms with Crippen molar-refractivity contribution < 1.29 is 14.3 Å². The second-order valence-corrected chi connectivity index (χ2v) is 8.40. The molecule has 6 nitrogen and oxygen atoms in total. The van der Waals surface area contributed by atoms with Crippen molar-refractivity contribution in [3.8, 4) is 0 Å². The fourth-order valence-corrected chi connectivity index (χ4v) is 3.97. The van der Waals surface area contributed by atoms with Crippen LogP contribution in [0.1, 0.15) is 33.6 Å². The number of nitrogens with one attached hydrogen (secondary N) is 2. The van der Waals surface area contributed by atoms with Crippen LogP contribution in [-0.4, -0.2) is 43.0 Å². The summed E-state index contributed by atoms with van der Waals surface area (Å²) in [5.74, 6) is 0.103. The smallest absolute Gasteiger partial charge is 0.261 e. The van der Waals surface area contributed by atoms with Gasteiger partial charge in [-0.15, -0.1) is 11.3 Å². The number of carbonyl (C=O) groups is 2. The summed E-state index contributed by atoms with van der Waals surface area (Å²) in [5, 5.41) is 6.56. The Kier molecular flexibility index (Phi) is 6.04. The zero-order valence-electron chi connectivity index (χ0n) is 15.8. The van der Waals surface area contributed by atoms with E-state index >= 15 is 0 Å². The van der Waals surface area contributed by atoms with E-state index < -0.39 is 0 Å². The van der Waals surface area contributed by atoms with Crippen LogP contribution in [-0.2, 0) is 22.6 Å². The lowest BCUT2D eigenvalue weighted by Crippen LogP contribution is -2.35. The van der Waals surface area contributed by atoms with Crippen molar-refractivity contribution in [3.05, 3.63) is 52.4 Å². The van der Waals surface area contributed by atoms with Crippen LogP contribution in [0.25, 0.3) is 0 Å². The minimum absolute atomic E-state index is 0.0611. The summed E-state index contributed by atoms with van der Waals surface area (Å²) in [6, 6.07) is 11.9. The highest BCUT2D eigenvalue weighted by atomic mass is 32.1. The first-order valence-corrected chi connectivity index (χ1v) is 10.6. The number of hydrogen-bond donors (Lipinski definition) is 2. The van der Waals surface area contributed by atoms with E-state index in [9.17, 15) is 9.59 Å². The number of carbonyl (C=O) groups excluding carboxylic acids is 2. The molecule has 2 amide bonds. The van der Waals surface area contributed by atoms with E-state index in [1.807, 2.05) is 0 Å². The molecule has 0 unspecified atom stereocenters. The van der Waals surface area contributed by atoms with Gasteiger partial charge in [-0.05, 0) is 36.1 Å². The molecule has 148 valence electrons. The Hall–Kier alpha value is -2.22. The second kappa shape index (κ2) is 8.86. The largest absolute Gasteiger partial charge is 0.379 e. The molecule has 1 saturated carbocycles. The topological polar surface area (TPSA) is 70.7 Å². The summed E-state index contributed by atoms with van der Waals surface area (Å²) in [6.07, 6.45) is 1.94. The van der Waals surface area contributed by atoms with Crippen LogP contribution in [0.15, 0.2) is 36.4 Å². The summed E-state index contributed by atoms with van der Waals surface area (Å²) in [4.78, 5) is 27.2. The van der Waals surface area contributed by atoms with Gasteiger partial charge in [0.2, 0.25) is 5.91 Å². The van der Waals surface area contributed by atoms with Gasteiger partial charge < -0.3 is 15.4 Å². The van der Waals surface area contributed by atoms with Crippen molar-refractivity contribution in [2.45, 2.75) is 25.9 Å². The van der Waals surface area contributed by atoms with Crippen LogP contribution in [0.5, 0.6) is 0 Å². The van der Waals surface area contributed by atoms with Crippen LogP contribution in [0, 0.1) is 5.92 Å². The molecule has 1 aromatic heterocycles. The maximum atomic E-state index is 12.4. The highest BCUT2D eigenvalue weighted by molar-refractivity contribution is 7.18. The van der Waals surface area contributed by atoms with E-state index in [2.05, 4.69) is 39.8 Å². The lowest BCUT2D eigenvalue weighted by molar-refractivity contribution is -0.117. The molecule has 7 heteroatoms. The number of amides is 2. The van der Waals surface area contributed by atoms with Gasteiger partial charge in [-0.2, -0.15) is 0 Å². The zero-order chi connectivity index (χ0) is 19.3. The number of hydrogen-bond acceptors (Lipinski definition) is 5. The summed E-state index contributed by atoms with van der Waals surface area (Å²) in [6.45, 7) is 4.97. The molecule has 0 atom stereocenters. The van der Waals surface area contributed by atoms with Gasteiger partial charge in [0, 0.05) is 32.1 Å². The quantitative estimate of drug-likeness (QED) is 0.751. The van der Waals surface area contributed by atoms with E-state index in [0.717, 1.165) is 56.3 Å². The van der Waals surface area contributed by atoms with Gasteiger partial charge in [0.05, 0.1) is 23.1 Å². The Morgan fingerprint density at radius 2 is 1.75 bits per heavy atom. The Balaban J connectivity index is 1.25. The van der Waals surface area contributed by atoms with Crippen molar-refractivity contribution in [2.75, 3.05) is 31.6 Å². The minimum Gasteiger partial charge on any atom is -0.379 e. The predicted molar refractivity (Wildman–Crippen MR) is 109 cm³/mol. The number of morpholine rings is 1. The number of thiophene rings is 1. The number of nitrogens with zero attached hydrogens (tertiary/aromatic N) is 1. The molecule has 0 radical (unpaired) electrons. The third kappa shape index (κ3) is 5.19. The Bertz CT molecular complexity index is 824. The summed E-state index contributed by atoms with van der Waals surface area (Å²) in [5.41, 5.74) is 2.34. The molecule has 1 aliphatic carbocycles. The molecule has 1 aliphatic heterocycles. The fourth-order valence-electron chi connectivity index (χ4n) is 3.15. The lowest BCUT2D eigenvalue weighted by atomic mass is 10.1. The average molecular weight is 400 g/mol. The summed E-state index contributed by atoms with van der Waals surface area (Å²) >= 11 is 1.31. The standard InChI is InChI=1S/C21H25N3O3S/c25-20(17-5-6-17)23-19-8-7-18(28-19)21(26)22-13-15-1-3-16(4-2-15)14-24-9-11-27-12-10-24/h1-4,7-8,17H,5-6,9-14H2,(H,22,26)(H,23,25). The molecule has 4 rings (SSSR count). The van der Waals surface area contributed by atoms with Crippen LogP contribution in [0.4, 0.5) is 5.00 Å². The molecule has 0 spiro atoms. The van der Waals surface area contributed by atoms with Gasteiger partial charge in [-0.1, -0.05) is 24.3 Å². The second-order valence-electron chi connectivity index (χ2n) is 7.32. The molecule has 2 aliphatic rings. The predicted octanol–water partition coefficient (Wildman–Crippen LogP) is 2.86. The van der Waals surface area contributed by atoms with Gasteiger partial charge >= 0.3 is 0 Å². The van der Waals surface area contributed by atoms with Gasteiger partial charge in [-0.3, -0.25) is 14.5 Å². The Morgan fingerprint density at radius 1 is 1.04 bits per heavy atom. The molecule has 28 heavy (non-hydrogen) atoms. The van der Waals surface area contributed by atoms with Crippen molar-refractivity contribution >= 4 is 28.2 Å². The third-order valence-corrected chi connectivity index (χ3v) is 6.01. The van der Waals surface area contributed by atoms with Crippen LogP contribution < -0.4 is 10.6 Å². The third-order valence-electron chi connectivity index (χ3n) is 5.01. The molecule has 1 saturated heterocycles. The van der Waals surface area contributed by atoms with E-state index in [-0.39, 0.29) is 17.7 Å². The number of benzene rings is 1. The first kappa shape index (κ1) is 19.1. The maximum Gasteiger partial charge on any atom is 0.261 e. The van der Waals surface area contributed by atoms with E-state index in [1.54, 1.807) is 12.1 Å². The van der Waals surface area contributed by atoms with Crippen LogP contribution in [0.3, 0.4) is 0 Å². The Morgan fingerprint density at radius 3 is 2.46 bits per heavy atom. The molecule has 2 N–H and O–H groups in total. The van der Waals surface area contributed by atoms with Crippen molar-refractivity contribution in [2.24, 2.45) is 5.92 Å². The minimum atomic E-state index is -0.116. The van der Waals surface area contributed by atoms with E-state index in [4.69, 9.17) is 4.74 Å². The van der Waals surface area contributed by atoms with E-state index in [0.29, 0.717) is 11.4 Å². The zero-order valence-corrected chi connectivity index (χ0v) is 16.6. The van der Waals surface area contributed by atoms with Gasteiger partial charge in [0.25, 0.3) is 5.91 Å². The molecular weight excluding hydrogens is 374 g/mol. The van der Waals surface area contributed by atoms with Gasteiger partial charge in [0.1, 0.15) is 0 Å². The molecule has 2 heterocycles. The van der Waals surface area contributed by atoms with Crippen molar-refractivity contribution in [1.82, 2.24) is 10.2 Å². The summed E-state index contributed by atoms with van der Waals surface area (Å²) in [7, 11) is 0. The maximum absolute atomic E-state index is 12.4. The van der Waals surface area contributed by atoms with E-state index in [1.165, 1.54) is 16.9 Å². The number of rotatable bonds is 7. The van der Waals surface area contributed by atoms with Crippen molar-refractivity contribution in [1.29, 1.82) is 0 Å². The fraction of sp³-hybridized carbons (Fsp3) is 0.429. The summed E-state index contributed by atoms with van der Waals surface area (Å²) < 4.78 is 5.38. The first-order valence-electron chi connectivity index (χ1n) is 9.74. The highest BCUT2D eigenvalue weighted by Gasteiger charge is 2.29. The number of ether oxygens (including phenoxy) is 1. The monoisotopic (exact) mass is 399 g/mol. The van der Waals surface area contributed by atoms with Crippen molar-refractivity contribution in [3.63, 3.8) is 0 Å². The molecular formula is C21H25N3O3S. The molecule has 1 aromatic carbocycles. The van der Waals surface area contributed by atoms with Gasteiger partial charge in [-0.25, -0.2) is 0 Å². The molecule has 2 fully saturated rings. The normalized spacial score (nSPS) is 17.3. The SMILES string of the molecule is O=C(NCc1ccc(CN2CCOCC2)cc1)c1ccc(NC(=O)C2CC2)s1. The number of anilines is 1. The molecule has 2 aromatic rings. The van der Waals surface area contributed by atoms with Crippen LogP contribution >= 0.6 is 11.3 Å².